The van der Waals surface area contributed by atoms with E-state index in [4.69, 9.17) is 4.74 Å². The van der Waals surface area contributed by atoms with Crippen LogP contribution in [0.15, 0.2) is 53.0 Å². The Kier molecular flexibility index (Phi) is 6.96. The molecule has 0 radical (unpaired) electrons. The normalized spacial score (nSPS) is 15.0. The summed E-state index contributed by atoms with van der Waals surface area (Å²) in [6, 6.07) is 14.6. The predicted molar refractivity (Wildman–Crippen MR) is 133 cm³/mol. The molecule has 7 heteroatoms. The Labute approximate surface area is 200 Å². The lowest BCUT2D eigenvalue weighted by atomic mass is 9.88. The topological polar surface area (TPSA) is 67.4 Å². The number of hydrogen-bond donors (Lipinski definition) is 2. The summed E-state index contributed by atoms with van der Waals surface area (Å²) < 4.78 is 6.19. The number of amides is 2. The zero-order valence-corrected chi connectivity index (χ0v) is 20.4. The van der Waals surface area contributed by atoms with E-state index in [9.17, 15) is 9.59 Å². The average molecular weight is 513 g/mol. The van der Waals surface area contributed by atoms with Gasteiger partial charge in [-0.05, 0) is 90.0 Å². The Bertz CT molecular complexity index is 1140. The summed E-state index contributed by atoms with van der Waals surface area (Å²) in [5.74, 6) is 0.881. The number of hydrogen-bond acceptors (Lipinski definition) is 4. The molecule has 0 saturated heterocycles. The number of ether oxygens (including phenoxy) is 1. The summed E-state index contributed by atoms with van der Waals surface area (Å²) in [6.07, 6.45) is 2.79. The van der Waals surface area contributed by atoms with Gasteiger partial charge < -0.3 is 15.4 Å². The minimum Gasteiger partial charge on any atom is -0.494 e. The Balaban J connectivity index is 1.63. The van der Waals surface area contributed by atoms with Crippen LogP contribution in [0, 0.1) is 5.92 Å². The molecule has 32 heavy (non-hydrogen) atoms. The molecule has 4 rings (SSSR count). The third kappa shape index (κ3) is 4.89. The first-order valence-corrected chi connectivity index (χ1v) is 12.3. The van der Waals surface area contributed by atoms with E-state index in [0.717, 1.165) is 30.6 Å². The van der Waals surface area contributed by atoms with Gasteiger partial charge in [-0.1, -0.05) is 19.1 Å². The van der Waals surface area contributed by atoms with E-state index < -0.39 is 0 Å². The minimum atomic E-state index is -0.237. The maximum atomic E-state index is 13.3. The quantitative estimate of drug-likeness (QED) is 0.394. The van der Waals surface area contributed by atoms with Gasteiger partial charge in [-0.3, -0.25) is 9.59 Å². The highest BCUT2D eigenvalue weighted by Crippen LogP contribution is 2.40. The first-order chi connectivity index (χ1) is 15.5. The van der Waals surface area contributed by atoms with Crippen LogP contribution in [0.5, 0.6) is 5.75 Å². The number of carbonyl (C=O) groups is 2. The largest absolute Gasteiger partial charge is 0.494 e. The van der Waals surface area contributed by atoms with Gasteiger partial charge in [0.05, 0.1) is 17.7 Å². The SMILES string of the molecule is CCOc1ccc(NC(=O)c2c(NC(=O)c3ccccc3Br)sc3c2CCC(C)C3)cc1. The summed E-state index contributed by atoms with van der Waals surface area (Å²) >= 11 is 4.95. The average Bonchev–Trinajstić information content (AvgIpc) is 3.12. The van der Waals surface area contributed by atoms with E-state index in [1.165, 1.54) is 16.2 Å². The van der Waals surface area contributed by atoms with Gasteiger partial charge in [0.15, 0.2) is 0 Å². The van der Waals surface area contributed by atoms with E-state index >= 15 is 0 Å². The second-order valence-corrected chi connectivity index (χ2v) is 9.86. The van der Waals surface area contributed by atoms with Crippen LogP contribution in [0.2, 0.25) is 0 Å². The van der Waals surface area contributed by atoms with E-state index in [0.29, 0.717) is 38.8 Å². The van der Waals surface area contributed by atoms with E-state index in [1.807, 2.05) is 49.4 Å². The number of rotatable bonds is 6. The van der Waals surface area contributed by atoms with Crippen molar-refractivity contribution in [1.29, 1.82) is 0 Å². The Morgan fingerprint density at radius 2 is 1.84 bits per heavy atom. The molecule has 0 saturated carbocycles. The van der Waals surface area contributed by atoms with Crippen molar-refractivity contribution in [3.63, 3.8) is 0 Å². The van der Waals surface area contributed by atoms with Gasteiger partial charge in [0.1, 0.15) is 10.8 Å². The molecule has 1 aliphatic rings. The maximum absolute atomic E-state index is 13.3. The van der Waals surface area contributed by atoms with Crippen molar-refractivity contribution in [2.75, 3.05) is 17.2 Å². The maximum Gasteiger partial charge on any atom is 0.258 e. The molecular weight excluding hydrogens is 488 g/mol. The lowest BCUT2D eigenvalue weighted by molar-refractivity contribution is 0.102. The van der Waals surface area contributed by atoms with E-state index in [2.05, 4.69) is 33.5 Å². The van der Waals surface area contributed by atoms with Crippen LogP contribution in [-0.2, 0) is 12.8 Å². The first kappa shape index (κ1) is 22.6. The number of carbonyl (C=O) groups excluding carboxylic acids is 2. The molecule has 2 N–H and O–H groups in total. The molecule has 1 unspecified atom stereocenters. The highest BCUT2D eigenvalue weighted by atomic mass is 79.9. The molecule has 0 bridgehead atoms. The molecule has 0 aliphatic heterocycles. The molecule has 0 spiro atoms. The molecule has 1 aromatic heterocycles. The van der Waals surface area contributed by atoms with Gasteiger partial charge in [0.2, 0.25) is 0 Å². The van der Waals surface area contributed by atoms with Crippen molar-refractivity contribution in [1.82, 2.24) is 0 Å². The van der Waals surface area contributed by atoms with Crippen molar-refractivity contribution in [2.24, 2.45) is 5.92 Å². The fourth-order valence-electron chi connectivity index (χ4n) is 3.89. The summed E-state index contributed by atoms with van der Waals surface area (Å²) in [4.78, 5) is 27.5. The molecule has 2 amide bonds. The molecule has 1 heterocycles. The smallest absolute Gasteiger partial charge is 0.258 e. The Morgan fingerprint density at radius 3 is 2.56 bits per heavy atom. The zero-order valence-electron chi connectivity index (χ0n) is 18.0. The van der Waals surface area contributed by atoms with Gasteiger partial charge in [0, 0.05) is 15.0 Å². The van der Waals surface area contributed by atoms with Crippen molar-refractivity contribution in [2.45, 2.75) is 33.1 Å². The van der Waals surface area contributed by atoms with Crippen LogP contribution in [0.1, 0.15) is 51.4 Å². The van der Waals surface area contributed by atoms with Gasteiger partial charge in [-0.2, -0.15) is 0 Å². The van der Waals surface area contributed by atoms with Crippen molar-refractivity contribution < 1.29 is 14.3 Å². The summed E-state index contributed by atoms with van der Waals surface area (Å²) in [7, 11) is 0. The fourth-order valence-corrected chi connectivity index (χ4v) is 5.76. The van der Waals surface area contributed by atoms with Crippen LogP contribution in [-0.4, -0.2) is 18.4 Å². The van der Waals surface area contributed by atoms with Crippen LogP contribution < -0.4 is 15.4 Å². The highest BCUT2D eigenvalue weighted by Gasteiger charge is 2.29. The van der Waals surface area contributed by atoms with E-state index in [1.54, 1.807) is 6.07 Å². The molecule has 166 valence electrons. The van der Waals surface area contributed by atoms with Crippen LogP contribution in [0.4, 0.5) is 10.7 Å². The van der Waals surface area contributed by atoms with Gasteiger partial charge in [-0.25, -0.2) is 0 Å². The van der Waals surface area contributed by atoms with Crippen molar-refractivity contribution in [3.05, 3.63) is 74.6 Å². The van der Waals surface area contributed by atoms with Gasteiger partial charge in [0.25, 0.3) is 11.8 Å². The standard InChI is InChI=1S/C25H25BrN2O3S/c1-3-31-17-11-9-16(10-12-17)27-24(30)22-19-13-8-15(2)14-21(19)32-25(22)28-23(29)18-6-4-5-7-20(18)26/h4-7,9-12,15H,3,8,13-14H2,1-2H3,(H,27,30)(H,28,29). The Morgan fingerprint density at radius 1 is 1.09 bits per heavy atom. The summed E-state index contributed by atoms with van der Waals surface area (Å²) in [6.45, 7) is 4.74. The first-order valence-electron chi connectivity index (χ1n) is 10.7. The molecule has 1 atom stereocenters. The van der Waals surface area contributed by atoms with Crippen molar-refractivity contribution in [3.8, 4) is 5.75 Å². The zero-order chi connectivity index (χ0) is 22.7. The monoisotopic (exact) mass is 512 g/mol. The molecule has 5 nitrogen and oxygen atoms in total. The fraction of sp³-hybridized carbons (Fsp3) is 0.280. The molecule has 0 fully saturated rings. The van der Waals surface area contributed by atoms with Gasteiger partial charge >= 0.3 is 0 Å². The number of anilines is 2. The highest BCUT2D eigenvalue weighted by molar-refractivity contribution is 9.10. The van der Waals surface area contributed by atoms with Crippen LogP contribution >= 0.6 is 27.3 Å². The number of fused-ring (bicyclic) bond motifs is 1. The lowest BCUT2D eigenvalue weighted by Crippen LogP contribution is -2.19. The third-order valence-corrected chi connectivity index (χ3v) is 7.37. The number of halogens is 1. The third-order valence-electron chi connectivity index (χ3n) is 5.51. The lowest BCUT2D eigenvalue weighted by Gasteiger charge is -2.18. The summed E-state index contributed by atoms with van der Waals surface area (Å²) in [5.41, 5.74) is 2.85. The Hall–Kier alpha value is -2.64. The van der Waals surface area contributed by atoms with Gasteiger partial charge in [-0.15, -0.1) is 11.3 Å². The van der Waals surface area contributed by atoms with Crippen LogP contribution in [0.3, 0.4) is 0 Å². The summed E-state index contributed by atoms with van der Waals surface area (Å²) in [5, 5.41) is 6.60. The second-order valence-electron chi connectivity index (χ2n) is 7.90. The minimum absolute atomic E-state index is 0.205. The number of benzene rings is 2. The predicted octanol–water partition coefficient (Wildman–Crippen LogP) is 6.54. The number of thiophene rings is 1. The molecular formula is C25H25BrN2O3S. The molecule has 2 aromatic carbocycles. The molecule has 1 aliphatic carbocycles. The molecule has 3 aromatic rings. The second kappa shape index (κ2) is 9.88. The van der Waals surface area contributed by atoms with Crippen molar-refractivity contribution >= 4 is 49.8 Å². The van der Waals surface area contributed by atoms with Crippen LogP contribution in [0.25, 0.3) is 0 Å². The van der Waals surface area contributed by atoms with E-state index in [-0.39, 0.29) is 11.8 Å². The number of nitrogens with one attached hydrogen (secondary N) is 2.